The van der Waals surface area contributed by atoms with Crippen LogP contribution in [0.25, 0.3) is 10.8 Å². The van der Waals surface area contributed by atoms with Gasteiger partial charge in [0.1, 0.15) is 5.75 Å². The number of anilines is 2. The van der Waals surface area contributed by atoms with E-state index in [0.29, 0.717) is 16.5 Å². The van der Waals surface area contributed by atoms with E-state index in [1.165, 1.54) is 0 Å². The Balaban J connectivity index is 1.66. The van der Waals surface area contributed by atoms with E-state index in [0.717, 1.165) is 16.5 Å². The minimum absolute atomic E-state index is 0.115. The molecule has 24 heavy (non-hydrogen) atoms. The Kier molecular flexibility index (Phi) is 4.87. The smallest absolute Gasteiger partial charge is 0.243 e. The van der Waals surface area contributed by atoms with Crippen LogP contribution in [0.5, 0.6) is 5.75 Å². The van der Waals surface area contributed by atoms with Gasteiger partial charge < -0.3 is 15.4 Å². The first kappa shape index (κ1) is 16.1. The van der Waals surface area contributed by atoms with Crippen molar-refractivity contribution in [3.05, 3.63) is 65.7 Å². The van der Waals surface area contributed by atoms with Gasteiger partial charge >= 0.3 is 0 Å². The first-order chi connectivity index (χ1) is 11.7. The molecule has 0 unspecified atom stereocenters. The van der Waals surface area contributed by atoms with Crippen molar-refractivity contribution in [2.24, 2.45) is 0 Å². The minimum Gasteiger partial charge on any atom is -0.495 e. The quantitative estimate of drug-likeness (QED) is 0.716. The molecule has 0 bridgehead atoms. The summed E-state index contributed by atoms with van der Waals surface area (Å²) in [7, 11) is 1.57. The lowest BCUT2D eigenvalue weighted by molar-refractivity contribution is -0.114. The first-order valence-electron chi connectivity index (χ1n) is 7.52. The molecule has 4 nitrogen and oxygen atoms in total. The maximum Gasteiger partial charge on any atom is 0.243 e. The van der Waals surface area contributed by atoms with Gasteiger partial charge in [-0.15, -0.1) is 0 Å². The van der Waals surface area contributed by atoms with Crippen molar-refractivity contribution >= 4 is 39.7 Å². The molecular formula is C19H17ClN2O2. The summed E-state index contributed by atoms with van der Waals surface area (Å²) >= 11 is 5.98. The molecule has 0 radical (unpaired) electrons. The van der Waals surface area contributed by atoms with E-state index in [1.54, 1.807) is 25.3 Å². The Hall–Kier alpha value is -2.72. The Morgan fingerprint density at radius 1 is 1.04 bits per heavy atom. The number of ether oxygens (including phenoxy) is 1. The van der Waals surface area contributed by atoms with E-state index in [1.807, 2.05) is 42.5 Å². The molecule has 0 aliphatic rings. The van der Waals surface area contributed by atoms with Gasteiger partial charge in [-0.05, 0) is 41.1 Å². The number of halogens is 1. The number of amides is 1. The molecule has 0 aromatic heterocycles. The van der Waals surface area contributed by atoms with Crippen molar-refractivity contribution in [3.63, 3.8) is 0 Å². The molecule has 0 spiro atoms. The van der Waals surface area contributed by atoms with Crippen LogP contribution < -0.4 is 15.4 Å². The molecule has 3 aromatic rings. The summed E-state index contributed by atoms with van der Waals surface area (Å²) in [6.45, 7) is 0.115. The highest BCUT2D eigenvalue weighted by Crippen LogP contribution is 2.27. The van der Waals surface area contributed by atoms with E-state index in [2.05, 4.69) is 10.6 Å². The molecule has 3 aromatic carbocycles. The number of fused-ring (bicyclic) bond motifs is 1. The van der Waals surface area contributed by atoms with Gasteiger partial charge in [0.05, 0.1) is 19.3 Å². The van der Waals surface area contributed by atoms with Crippen molar-refractivity contribution in [3.8, 4) is 5.75 Å². The van der Waals surface area contributed by atoms with Gasteiger partial charge in [-0.25, -0.2) is 0 Å². The third kappa shape index (κ3) is 3.78. The first-order valence-corrected chi connectivity index (χ1v) is 7.89. The van der Waals surface area contributed by atoms with E-state index in [-0.39, 0.29) is 12.5 Å². The number of hydrogen-bond acceptors (Lipinski definition) is 3. The van der Waals surface area contributed by atoms with E-state index >= 15 is 0 Å². The number of rotatable bonds is 5. The lowest BCUT2D eigenvalue weighted by Gasteiger charge is -2.12. The van der Waals surface area contributed by atoms with Crippen LogP contribution in [0.15, 0.2) is 60.7 Å². The van der Waals surface area contributed by atoms with Gasteiger partial charge in [0.25, 0.3) is 0 Å². The second kappa shape index (κ2) is 7.23. The van der Waals surface area contributed by atoms with Crippen LogP contribution in [-0.2, 0) is 4.79 Å². The fourth-order valence-electron chi connectivity index (χ4n) is 2.47. The zero-order chi connectivity index (χ0) is 16.9. The van der Waals surface area contributed by atoms with Crippen molar-refractivity contribution in [1.82, 2.24) is 0 Å². The number of methoxy groups -OCH3 is 1. The largest absolute Gasteiger partial charge is 0.495 e. The zero-order valence-corrected chi connectivity index (χ0v) is 13.9. The molecular weight excluding hydrogens is 324 g/mol. The van der Waals surface area contributed by atoms with Crippen LogP contribution in [0.2, 0.25) is 5.02 Å². The summed E-state index contributed by atoms with van der Waals surface area (Å²) in [6, 6.07) is 19.1. The van der Waals surface area contributed by atoms with Crippen LogP contribution in [0.4, 0.5) is 11.4 Å². The predicted octanol–water partition coefficient (Wildman–Crippen LogP) is 4.55. The summed E-state index contributed by atoms with van der Waals surface area (Å²) in [5.74, 6) is 0.491. The highest BCUT2D eigenvalue weighted by atomic mass is 35.5. The monoisotopic (exact) mass is 340 g/mol. The van der Waals surface area contributed by atoms with Crippen LogP contribution in [0.3, 0.4) is 0 Å². The number of benzene rings is 3. The Morgan fingerprint density at radius 2 is 1.83 bits per heavy atom. The van der Waals surface area contributed by atoms with Gasteiger partial charge in [-0.3, -0.25) is 4.79 Å². The SMILES string of the molecule is COc1ccc(Cl)cc1NCC(=O)Nc1ccc2ccccc2c1. The molecule has 2 N–H and O–H groups in total. The lowest BCUT2D eigenvalue weighted by atomic mass is 10.1. The molecule has 3 rings (SSSR count). The fourth-order valence-corrected chi connectivity index (χ4v) is 2.64. The number of hydrogen-bond donors (Lipinski definition) is 2. The molecule has 0 fully saturated rings. The Bertz CT molecular complexity index is 880. The van der Waals surface area contributed by atoms with Crippen molar-refractivity contribution in [2.45, 2.75) is 0 Å². The van der Waals surface area contributed by atoms with Gasteiger partial charge in [-0.2, -0.15) is 0 Å². The summed E-state index contributed by atoms with van der Waals surface area (Å²) < 4.78 is 5.25. The average Bonchev–Trinajstić information content (AvgIpc) is 2.60. The lowest BCUT2D eigenvalue weighted by Crippen LogP contribution is -2.21. The molecule has 5 heteroatoms. The number of carbonyl (C=O) groups excluding carboxylic acids is 1. The average molecular weight is 341 g/mol. The van der Waals surface area contributed by atoms with Crippen molar-refractivity contribution in [2.75, 3.05) is 24.3 Å². The topological polar surface area (TPSA) is 50.4 Å². The minimum atomic E-state index is -0.146. The predicted molar refractivity (Wildman–Crippen MR) is 99.1 cm³/mol. The second-order valence-corrected chi connectivity index (χ2v) is 5.74. The van der Waals surface area contributed by atoms with E-state index in [9.17, 15) is 4.79 Å². The van der Waals surface area contributed by atoms with Crippen LogP contribution in [0, 0.1) is 0 Å². The summed E-state index contributed by atoms with van der Waals surface area (Å²) in [6.07, 6.45) is 0. The number of nitrogens with one attached hydrogen (secondary N) is 2. The second-order valence-electron chi connectivity index (χ2n) is 5.31. The molecule has 0 saturated heterocycles. The number of carbonyl (C=O) groups is 1. The summed E-state index contributed by atoms with van der Waals surface area (Å²) in [5, 5.41) is 8.72. The van der Waals surface area contributed by atoms with Gasteiger partial charge in [0.2, 0.25) is 5.91 Å². The highest BCUT2D eigenvalue weighted by molar-refractivity contribution is 6.31. The third-order valence-electron chi connectivity index (χ3n) is 3.63. The Morgan fingerprint density at radius 3 is 2.62 bits per heavy atom. The molecule has 0 aliphatic carbocycles. The maximum absolute atomic E-state index is 12.2. The van der Waals surface area contributed by atoms with Gasteiger partial charge in [0.15, 0.2) is 0 Å². The van der Waals surface area contributed by atoms with Crippen LogP contribution >= 0.6 is 11.6 Å². The summed E-state index contributed by atoms with van der Waals surface area (Å²) in [4.78, 5) is 12.2. The highest BCUT2D eigenvalue weighted by Gasteiger charge is 2.07. The van der Waals surface area contributed by atoms with Crippen molar-refractivity contribution in [1.29, 1.82) is 0 Å². The van der Waals surface area contributed by atoms with Crippen LogP contribution in [-0.4, -0.2) is 19.6 Å². The van der Waals surface area contributed by atoms with Gasteiger partial charge in [-0.1, -0.05) is 41.9 Å². The maximum atomic E-state index is 12.2. The summed E-state index contributed by atoms with van der Waals surface area (Å²) in [5.41, 5.74) is 1.44. The van der Waals surface area contributed by atoms with Crippen molar-refractivity contribution < 1.29 is 9.53 Å². The third-order valence-corrected chi connectivity index (χ3v) is 3.87. The fraction of sp³-hybridized carbons (Fsp3) is 0.105. The molecule has 0 aliphatic heterocycles. The molecule has 0 heterocycles. The zero-order valence-electron chi connectivity index (χ0n) is 13.2. The normalized spacial score (nSPS) is 10.4. The molecule has 122 valence electrons. The molecule has 0 saturated carbocycles. The van der Waals surface area contributed by atoms with E-state index in [4.69, 9.17) is 16.3 Å². The van der Waals surface area contributed by atoms with E-state index < -0.39 is 0 Å². The standard InChI is InChI=1S/C19H17ClN2O2/c1-24-18-9-7-15(20)11-17(18)21-12-19(23)22-16-8-6-13-4-2-3-5-14(13)10-16/h2-11,21H,12H2,1H3,(H,22,23). The Labute approximate surface area is 145 Å². The van der Waals surface area contributed by atoms with Crippen LogP contribution in [0.1, 0.15) is 0 Å². The van der Waals surface area contributed by atoms with Gasteiger partial charge in [0, 0.05) is 10.7 Å². The molecule has 1 amide bonds. The molecule has 0 atom stereocenters.